The van der Waals surface area contributed by atoms with E-state index in [0.29, 0.717) is 11.6 Å². The lowest BCUT2D eigenvalue weighted by atomic mass is 10.4. The van der Waals surface area contributed by atoms with Crippen LogP contribution >= 0.6 is 0 Å². The quantitative estimate of drug-likeness (QED) is 0.824. The van der Waals surface area contributed by atoms with Gasteiger partial charge in [0.15, 0.2) is 0 Å². The molecule has 0 aromatic carbocycles. The summed E-state index contributed by atoms with van der Waals surface area (Å²) < 4.78 is 9.86. The molecule has 17 heavy (non-hydrogen) atoms. The van der Waals surface area contributed by atoms with Gasteiger partial charge < -0.3 is 14.1 Å². The minimum Gasteiger partial charge on any atom is -0.463 e. The van der Waals surface area contributed by atoms with Gasteiger partial charge in [-0.2, -0.15) is 0 Å². The Morgan fingerprint density at radius 3 is 3.00 bits per heavy atom. The summed E-state index contributed by atoms with van der Waals surface area (Å²) in [5.41, 5.74) is 1.45. The van der Waals surface area contributed by atoms with Crippen LogP contribution in [0.4, 0.5) is 0 Å². The standard InChI is InChI=1S/C12H12N2O3/c1-8-11(12(15)16-2)17-10(14-8)6-5-9-4-3-7-13-9/h3-7,13H,1-2H3/b6-5+. The van der Waals surface area contributed by atoms with Crippen molar-refractivity contribution in [3.63, 3.8) is 0 Å². The van der Waals surface area contributed by atoms with E-state index < -0.39 is 5.97 Å². The van der Waals surface area contributed by atoms with Crippen molar-refractivity contribution in [3.05, 3.63) is 41.4 Å². The van der Waals surface area contributed by atoms with Crippen molar-refractivity contribution >= 4 is 18.1 Å². The van der Waals surface area contributed by atoms with E-state index in [1.54, 1.807) is 13.0 Å². The first kappa shape index (κ1) is 11.2. The molecule has 2 aromatic heterocycles. The van der Waals surface area contributed by atoms with Gasteiger partial charge in [0, 0.05) is 18.0 Å². The molecule has 5 nitrogen and oxygen atoms in total. The second-order valence-corrected chi connectivity index (χ2v) is 3.42. The molecule has 0 spiro atoms. The number of aromatic nitrogens is 2. The number of methoxy groups -OCH3 is 1. The van der Waals surface area contributed by atoms with E-state index in [1.807, 2.05) is 24.4 Å². The molecule has 0 aliphatic carbocycles. The number of carbonyl (C=O) groups is 1. The number of rotatable bonds is 3. The van der Waals surface area contributed by atoms with E-state index in [4.69, 9.17) is 4.42 Å². The van der Waals surface area contributed by atoms with Crippen LogP contribution in [0, 0.1) is 6.92 Å². The smallest absolute Gasteiger partial charge is 0.375 e. The molecule has 0 saturated carbocycles. The summed E-state index contributed by atoms with van der Waals surface area (Å²) in [6.07, 6.45) is 5.32. The van der Waals surface area contributed by atoms with E-state index >= 15 is 0 Å². The molecule has 1 N–H and O–H groups in total. The first-order valence-electron chi connectivity index (χ1n) is 5.08. The van der Waals surface area contributed by atoms with E-state index in [0.717, 1.165) is 5.69 Å². The van der Waals surface area contributed by atoms with Gasteiger partial charge in [0.1, 0.15) is 0 Å². The maximum Gasteiger partial charge on any atom is 0.375 e. The molecule has 2 heterocycles. The molecular weight excluding hydrogens is 220 g/mol. The number of aromatic amines is 1. The number of carbonyl (C=O) groups excluding carboxylic acids is 1. The Morgan fingerprint density at radius 1 is 1.53 bits per heavy atom. The number of H-pyrrole nitrogens is 1. The van der Waals surface area contributed by atoms with E-state index in [1.165, 1.54) is 7.11 Å². The van der Waals surface area contributed by atoms with Gasteiger partial charge in [-0.3, -0.25) is 0 Å². The number of oxazole rings is 1. The molecule has 5 heteroatoms. The molecule has 0 saturated heterocycles. The normalized spacial score (nSPS) is 10.9. The lowest BCUT2D eigenvalue weighted by molar-refractivity contribution is 0.0563. The van der Waals surface area contributed by atoms with Crippen molar-refractivity contribution < 1.29 is 13.9 Å². The van der Waals surface area contributed by atoms with Crippen LogP contribution in [0.15, 0.2) is 22.7 Å². The monoisotopic (exact) mass is 232 g/mol. The predicted octanol–water partition coefficient (Wildman–Crippen LogP) is 2.27. The predicted molar refractivity (Wildman–Crippen MR) is 62.3 cm³/mol. The van der Waals surface area contributed by atoms with Crippen LogP contribution in [0.5, 0.6) is 0 Å². The highest BCUT2D eigenvalue weighted by atomic mass is 16.5. The molecular formula is C12H12N2O3. The Kier molecular flexibility index (Phi) is 3.09. The lowest BCUT2D eigenvalue weighted by Gasteiger charge is -1.92. The first-order chi connectivity index (χ1) is 8.20. The van der Waals surface area contributed by atoms with E-state index in [9.17, 15) is 4.79 Å². The maximum atomic E-state index is 11.3. The number of hydrogen-bond donors (Lipinski definition) is 1. The number of ether oxygens (including phenoxy) is 1. The summed E-state index contributed by atoms with van der Waals surface area (Å²) in [5, 5.41) is 0. The van der Waals surface area contributed by atoms with Crippen molar-refractivity contribution in [3.8, 4) is 0 Å². The van der Waals surface area contributed by atoms with Gasteiger partial charge >= 0.3 is 5.97 Å². The molecule has 0 amide bonds. The van der Waals surface area contributed by atoms with Gasteiger partial charge in [0.2, 0.25) is 11.7 Å². The van der Waals surface area contributed by atoms with Gasteiger partial charge in [-0.05, 0) is 25.1 Å². The summed E-state index contributed by atoms with van der Waals surface area (Å²) in [5.74, 6) is -0.00865. The average molecular weight is 232 g/mol. The summed E-state index contributed by atoms with van der Waals surface area (Å²) in [7, 11) is 1.30. The Labute approximate surface area is 98.1 Å². The molecule has 2 rings (SSSR count). The maximum absolute atomic E-state index is 11.3. The summed E-state index contributed by atoms with van der Waals surface area (Å²) in [6, 6.07) is 3.80. The molecule has 0 aliphatic rings. The third-order valence-electron chi connectivity index (χ3n) is 2.21. The number of nitrogens with one attached hydrogen (secondary N) is 1. The van der Waals surface area contributed by atoms with Crippen LogP contribution in [-0.4, -0.2) is 23.0 Å². The molecule has 0 fully saturated rings. The highest BCUT2D eigenvalue weighted by molar-refractivity contribution is 5.87. The van der Waals surface area contributed by atoms with Crippen LogP contribution in [0.25, 0.3) is 12.2 Å². The van der Waals surface area contributed by atoms with E-state index in [-0.39, 0.29) is 5.76 Å². The lowest BCUT2D eigenvalue weighted by Crippen LogP contribution is -2.00. The topological polar surface area (TPSA) is 68.1 Å². The van der Waals surface area contributed by atoms with Crippen molar-refractivity contribution in [2.75, 3.05) is 7.11 Å². The van der Waals surface area contributed by atoms with Crippen LogP contribution in [0.3, 0.4) is 0 Å². The van der Waals surface area contributed by atoms with Gasteiger partial charge in [0.05, 0.1) is 12.8 Å². The third-order valence-corrected chi connectivity index (χ3v) is 2.21. The molecule has 0 atom stereocenters. The molecule has 0 radical (unpaired) electrons. The average Bonchev–Trinajstić information content (AvgIpc) is 2.94. The molecule has 0 unspecified atom stereocenters. The number of hydrogen-bond acceptors (Lipinski definition) is 4. The molecule has 88 valence electrons. The van der Waals surface area contributed by atoms with Gasteiger partial charge in [0.25, 0.3) is 0 Å². The second kappa shape index (κ2) is 4.69. The Morgan fingerprint density at radius 2 is 2.35 bits per heavy atom. The number of nitrogens with zero attached hydrogens (tertiary/aromatic N) is 1. The van der Waals surface area contributed by atoms with Gasteiger partial charge in [-0.25, -0.2) is 9.78 Å². The zero-order chi connectivity index (χ0) is 12.3. The van der Waals surface area contributed by atoms with Crippen LogP contribution in [0.2, 0.25) is 0 Å². The van der Waals surface area contributed by atoms with Crippen LogP contribution in [-0.2, 0) is 4.74 Å². The Balaban J connectivity index is 2.21. The molecule has 0 bridgehead atoms. The van der Waals surface area contributed by atoms with Gasteiger partial charge in [-0.15, -0.1) is 0 Å². The minimum atomic E-state index is -0.519. The van der Waals surface area contributed by atoms with Crippen molar-refractivity contribution in [2.24, 2.45) is 0 Å². The first-order valence-corrected chi connectivity index (χ1v) is 5.08. The Hall–Kier alpha value is -2.30. The van der Waals surface area contributed by atoms with Crippen molar-refractivity contribution in [1.29, 1.82) is 0 Å². The fourth-order valence-electron chi connectivity index (χ4n) is 1.38. The largest absolute Gasteiger partial charge is 0.463 e. The third kappa shape index (κ3) is 2.44. The number of aryl methyl sites for hydroxylation is 1. The van der Waals surface area contributed by atoms with E-state index in [2.05, 4.69) is 14.7 Å². The highest BCUT2D eigenvalue weighted by Crippen LogP contribution is 2.13. The highest BCUT2D eigenvalue weighted by Gasteiger charge is 2.16. The SMILES string of the molecule is COC(=O)c1oc(/C=C/c2ccc[nH]2)nc1C. The fraction of sp³-hybridized carbons (Fsp3) is 0.167. The zero-order valence-corrected chi connectivity index (χ0v) is 9.56. The summed E-state index contributed by atoms with van der Waals surface area (Å²) in [6.45, 7) is 1.70. The zero-order valence-electron chi connectivity index (χ0n) is 9.56. The summed E-state index contributed by atoms with van der Waals surface area (Å²) in [4.78, 5) is 18.4. The molecule has 2 aromatic rings. The Bertz CT molecular complexity index is 538. The van der Waals surface area contributed by atoms with Crippen LogP contribution in [0.1, 0.15) is 27.8 Å². The minimum absolute atomic E-state index is 0.138. The van der Waals surface area contributed by atoms with Gasteiger partial charge in [-0.1, -0.05) is 0 Å². The van der Waals surface area contributed by atoms with Crippen LogP contribution < -0.4 is 0 Å². The fourth-order valence-corrected chi connectivity index (χ4v) is 1.38. The van der Waals surface area contributed by atoms with Crippen molar-refractivity contribution in [2.45, 2.75) is 6.92 Å². The number of esters is 1. The second-order valence-electron chi connectivity index (χ2n) is 3.42. The molecule has 0 aliphatic heterocycles. The summed E-state index contributed by atoms with van der Waals surface area (Å²) >= 11 is 0. The van der Waals surface area contributed by atoms with Crippen molar-refractivity contribution in [1.82, 2.24) is 9.97 Å².